The normalized spacial score (nSPS) is 39.3. The van der Waals surface area contributed by atoms with Crippen molar-refractivity contribution in [3.8, 4) is 0 Å². The van der Waals surface area contributed by atoms with Gasteiger partial charge < -0.3 is 24.1 Å². The van der Waals surface area contributed by atoms with E-state index in [1.807, 2.05) is 41.5 Å². The summed E-state index contributed by atoms with van der Waals surface area (Å²) in [6, 6.07) is 0. The number of ether oxygens (including phenoxy) is 4. The van der Waals surface area contributed by atoms with Crippen LogP contribution in [0.3, 0.4) is 0 Å². The summed E-state index contributed by atoms with van der Waals surface area (Å²) in [6.45, 7) is 11.6. The first-order chi connectivity index (χ1) is 8.63. The van der Waals surface area contributed by atoms with Gasteiger partial charge in [0.15, 0.2) is 12.1 Å². The zero-order valence-corrected chi connectivity index (χ0v) is 12.7. The molecule has 5 heteroatoms. The fraction of sp³-hybridized carbons (Fsp3) is 1.00. The molecule has 2 aliphatic heterocycles. The Hall–Kier alpha value is -0.200. The molecule has 5 nitrogen and oxygen atoms in total. The quantitative estimate of drug-likeness (QED) is 0.850. The van der Waals surface area contributed by atoms with E-state index < -0.39 is 30.4 Å². The molecule has 2 saturated heterocycles. The monoisotopic (exact) mass is 274 g/mol. The number of aliphatic hydroxyl groups is 1. The number of fused-ring (bicyclic) bond motifs is 1. The molecule has 2 fully saturated rings. The third-order valence-electron chi connectivity index (χ3n) is 3.33. The van der Waals surface area contributed by atoms with Gasteiger partial charge in [-0.2, -0.15) is 0 Å². The van der Waals surface area contributed by atoms with E-state index in [2.05, 4.69) is 0 Å². The van der Waals surface area contributed by atoms with Crippen LogP contribution in [0.5, 0.6) is 0 Å². The van der Waals surface area contributed by atoms with E-state index in [1.54, 1.807) is 0 Å². The Bertz CT molecular complexity index is 322. The SMILES string of the molecule is CCC(OC(C)(C)C)C1OC2OC(C)(C)OC2C1O. The second-order valence-corrected chi connectivity index (χ2v) is 6.74. The molecule has 1 N–H and O–H groups in total. The first-order valence-electron chi connectivity index (χ1n) is 7.00. The molecule has 2 rings (SSSR count). The molecule has 2 aliphatic rings. The summed E-state index contributed by atoms with van der Waals surface area (Å²) in [6.07, 6.45) is -1.47. The van der Waals surface area contributed by atoms with Crippen LogP contribution in [0, 0.1) is 0 Å². The van der Waals surface area contributed by atoms with Crippen LogP contribution in [0.15, 0.2) is 0 Å². The van der Waals surface area contributed by atoms with Gasteiger partial charge in [0.1, 0.15) is 18.3 Å². The van der Waals surface area contributed by atoms with Crippen LogP contribution in [-0.2, 0) is 18.9 Å². The van der Waals surface area contributed by atoms with E-state index in [1.165, 1.54) is 0 Å². The Morgan fingerprint density at radius 3 is 2.37 bits per heavy atom. The van der Waals surface area contributed by atoms with Gasteiger partial charge in [0.2, 0.25) is 0 Å². The molecule has 0 saturated carbocycles. The molecule has 0 aromatic rings. The van der Waals surface area contributed by atoms with Crippen molar-refractivity contribution in [2.45, 2.75) is 90.1 Å². The van der Waals surface area contributed by atoms with Gasteiger partial charge in [-0.1, -0.05) is 6.92 Å². The van der Waals surface area contributed by atoms with E-state index in [0.717, 1.165) is 6.42 Å². The summed E-state index contributed by atoms with van der Waals surface area (Å²) >= 11 is 0. The van der Waals surface area contributed by atoms with Gasteiger partial charge in [0.05, 0.1) is 11.7 Å². The lowest BCUT2D eigenvalue weighted by Crippen LogP contribution is -2.44. The summed E-state index contributed by atoms with van der Waals surface area (Å²) in [5.74, 6) is -0.701. The zero-order chi connectivity index (χ0) is 14.4. The third kappa shape index (κ3) is 3.28. The Balaban J connectivity index is 2.04. The first kappa shape index (κ1) is 15.2. The third-order valence-corrected chi connectivity index (χ3v) is 3.33. The molecule has 0 amide bonds. The average Bonchev–Trinajstić information content (AvgIpc) is 2.69. The highest BCUT2D eigenvalue weighted by Gasteiger charge is 2.56. The number of aliphatic hydroxyl groups excluding tert-OH is 1. The van der Waals surface area contributed by atoms with Gasteiger partial charge in [0.25, 0.3) is 0 Å². The summed E-state index contributed by atoms with van der Waals surface area (Å²) in [7, 11) is 0. The maximum absolute atomic E-state index is 10.4. The molecule has 0 radical (unpaired) electrons. The number of rotatable bonds is 3. The Labute approximate surface area is 115 Å². The van der Waals surface area contributed by atoms with Gasteiger partial charge in [-0.15, -0.1) is 0 Å². The van der Waals surface area contributed by atoms with E-state index >= 15 is 0 Å². The van der Waals surface area contributed by atoms with Crippen LogP contribution >= 0.6 is 0 Å². The van der Waals surface area contributed by atoms with Crippen LogP contribution in [0.1, 0.15) is 48.0 Å². The van der Waals surface area contributed by atoms with Crippen molar-refractivity contribution in [2.75, 3.05) is 0 Å². The summed E-state index contributed by atoms with van der Waals surface area (Å²) in [5, 5.41) is 10.4. The molecule has 0 aliphatic carbocycles. The zero-order valence-electron chi connectivity index (χ0n) is 12.7. The van der Waals surface area contributed by atoms with Crippen molar-refractivity contribution in [2.24, 2.45) is 0 Å². The minimum Gasteiger partial charge on any atom is -0.387 e. The molecule has 5 atom stereocenters. The van der Waals surface area contributed by atoms with Crippen molar-refractivity contribution in [3.63, 3.8) is 0 Å². The molecule has 2 heterocycles. The van der Waals surface area contributed by atoms with Gasteiger partial charge in [0, 0.05) is 0 Å². The standard InChI is InChI=1S/C14H26O5/c1-7-8(17-13(2,3)4)10-9(15)11-12(16-10)19-14(5,6)18-11/h8-12,15H,7H2,1-6H3. The fourth-order valence-electron chi connectivity index (χ4n) is 2.66. The Morgan fingerprint density at radius 1 is 1.26 bits per heavy atom. The van der Waals surface area contributed by atoms with E-state index in [-0.39, 0.29) is 11.7 Å². The topological polar surface area (TPSA) is 57.2 Å². The predicted octanol–water partition coefficient (Wildman–Crippen LogP) is 1.82. The fourth-order valence-corrected chi connectivity index (χ4v) is 2.66. The van der Waals surface area contributed by atoms with Crippen LogP contribution in [0.25, 0.3) is 0 Å². The van der Waals surface area contributed by atoms with Crippen molar-refractivity contribution in [1.82, 2.24) is 0 Å². The molecule has 0 spiro atoms. The summed E-state index contributed by atoms with van der Waals surface area (Å²) in [5.41, 5.74) is -0.275. The minimum absolute atomic E-state index is 0.170. The maximum Gasteiger partial charge on any atom is 0.190 e. The number of hydrogen-bond acceptors (Lipinski definition) is 5. The van der Waals surface area contributed by atoms with Crippen molar-refractivity contribution >= 4 is 0 Å². The van der Waals surface area contributed by atoms with E-state index in [4.69, 9.17) is 18.9 Å². The lowest BCUT2D eigenvalue weighted by atomic mass is 10.0. The summed E-state index contributed by atoms with van der Waals surface area (Å²) < 4.78 is 23.1. The van der Waals surface area contributed by atoms with Crippen molar-refractivity contribution in [1.29, 1.82) is 0 Å². The molecule has 0 aromatic heterocycles. The number of hydrogen-bond donors (Lipinski definition) is 1. The molecule has 0 aromatic carbocycles. The lowest BCUT2D eigenvalue weighted by molar-refractivity contribution is -0.236. The molecule has 0 bridgehead atoms. The largest absolute Gasteiger partial charge is 0.387 e. The van der Waals surface area contributed by atoms with E-state index in [0.29, 0.717) is 0 Å². The van der Waals surface area contributed by atoms with Crippen LogP contribution in [0.4, 0.5) is 0 Å². The minimum atomic E-state index is -0.723. The Kier molecular flexibility index (Phi) is 3.97. The highest BCUT2D eigenvalue weighted by atomic mass is 16.8. The van der Waals surface area contributed by atoms with Crippen molar-refractivity contribution in [3.05, 3.63) is 0 Å². The van der Waals surface area contributed by atoms with Crippen molar-refractivity contribution < 1.29 is 24.1 Å². The second kappa shape index (κ2) is 4.97. The maximum atomic E-state index is 10.4. The van der Waals surface area contributed by atoms with Gasteiger partial charge >= 0.3 is 0 Å². The average molecular weight is 274 g/mol. The molecule has 112 valence electrons. The molecular formula is C14H26O5. The second-order valence-electron chi connectivity index (χ2n) is 6.74. The highest BCUT2D eigenvalue weighted by Crippen LogP contribution is 2.39. The Morgan fingerprint density at radius 2 is 1.89 bits per heavy atom. The van der Waals surface area contributed by atoms with Crippen LogP contribution in [0.2, 0.25) is 0 Å². The summed E-state index contributed by atoms with van der Waals surface area (Å²) in [4.78, 5) is 0. The van der Waals surface area contributed by atoms with Gasteiger partial charge in [-0.3, -0.25) is 0 Å². The van der Waals surface area contributed by atoms with Crippen LogP contribution in [-0.4, -0.2) is 47.2 Å². The first-order valence-corrected chi connectivity index (χ1v) is 7.00. The van der Waals surface area contributed by atoms with E-state index in [9.17, 15) is 5.11 Å². The van der Waals surface area contributed by atoms with Gasteiger partial charge in [-0.05, 0) is 41.0 Å². The molecule has 19 heavy (non-hydrogen) atoms. The van der Waals surface area contributed by atoms with Crippen LogP contribution < -0.4 is 0 Å². The molecule has 5 unspecified atom stereocenters. The molecular weight excluding hydrogens is 248 g/mol. The lowest BCUT2D eigenvalue weighted by Gasteiger charge is -2.33. The predicted molar refractivity (Wildman–Crippen MR) is 69.6 cm³/mol. The smallest absolute Gasteiger partial charge is 0.190 e. The van der Waals surface area contributed by atoms with Gasteiger partial charge in [-0.25, -0.2) is 0 Å². The highest BCUT2D eigenvalue weighted by molar-refractivity contribution is 4.96.